The van der Waals surface area contributed by atoms with Crippen molar-refractivity contribution in [3.05, 3.63) is 23.8 Å². The lowest BCUT2D eigenvalue weighted by Gasteiger charge is -2.18. The number of halogens is 3. The number of aliphatic hydroxyl groups excluding tert-OH is 1. The summed E-state index contributed by atoms with van der Waals surface area (Å²) in [5.41, 5.74) is -0.0260. The smallest absolute Gasteiger partial charge is 0.351 e. The number of rotatable bonds is 6. The summed E-state index contributed by atoms with van der Waals surface area (Å²) in [6.45, 7) is 4.34. The number of alkyl halides is 3. The van der Waals surface area contributed by atoms with Crippen molar-refractivity contribution in [1.29, 1.82) is 0 Å². The Morgan fingerprint density at radius 3 is 2.28 bits per heavy atom. The first kappa shape index (κ1) is 15.0. The van der Waals surface area contributed by atoms with Gasteiger partial charge in [0.05, 0.1) is 13.2 Å². The summed E-state index contributed by atoms with van der Waals surface area (Å²) >= 11 is 4.79. The van der Waals surface area contributed by atoms with Crippen LogP contribution in [-0.4, -0.2) is 23.7 Å². The molecule has 0 bridgehead atoms. The second-order valence-corrected chi connectivity index (χ2v) is 4.02. The highest BCUT2D eigenvalue weighted by molar-refractivity contribution is 6.22. The lowest BCUT2D eigenvalue weighted by atomic mass is 10.1. The van der Waals surface area contributed by atoms with Crippen LogP contribution in [0.15, 0.2) is 18.2 Å². The quantitative estimate of drug-likeness (QED) is 0.812. The molecule has 1 unspecified atom stereocenters. The summed E-state index contributed by atoms with van der Waals surface area (Å²) in [4.78, 5) is 0. The van der Waals surface area contributed by atoms with Gasteiger partial charge in [-0.05, 0) is 43.1 Å². The third-order valence-corrected chi connectivity index (χ3v) is 2.40. The van der Waals surface area contributed by atoms with E-state index in [0.29, 0.717) is 24.7 Å². The van der Waals surface area contributed by atoms with Gasteiger partial charge in [-0.25, -0.2) is 0 Å². The zero-order valence-corrected chi connectivity index (χ0v) is 10.9. The maximum atomic E-state index is 12.8. The molecular formula is C12H15ClF2O3. The average Bonchev–Trinajstić information content (AvgIpc) is 2.30. The van der Waals surface area contributed by atoms with Crippen LogP contribution < -0.4 is 9.47 Å². The molecule has 0 fully saturated rings. The zero-order chi connectivity index (χ0) is 13.8. The first-order valence-corrected chi connectivity index (χ1v) is 5.92. The summed E-state index contributed by atoms with van der Waals surface area (Å²) < 4.78 is 36.2. The number of aliphatic hydroxyl groups is 1. The van der Waals surface area contributed by atoms with Crippen molar-refractivity contribution >= 4 is 11.6 Å². The van der Waals surface area contributed by atoms with Gasteiger partial charge in [-0.15, -0.1) is 0 Å². The number of hydrogen-bond donors (Lipinski definition) is 1. The molecule has 1 atom stereocenters. The van der Waals surface area contributed by atoms with E-state index in [4.69, 9.17) is 21.1 Å². The Labute approximate surface area is 109 Å². The summed E-state index contributed by atoms with van der Waals surface area (Å²) in [6.07, 6.45) is -2.09. The maximum absolute atomic E-state index is 12.8. The molecule has 0 spiro atoms. The van der Waals surface area contributed by atoms with E-state index < -0.39 is 11.5 Å². The molecular weight excluding hydrogens is 266 g/mol. The number of benzene rings is 1. The highest BCUT2D eigenvalue weighted by atomic mass is 35.5. The van der Waals surface area contributed by atoms with E-state index in [1.165, 1.54) is 18.2 Å². The van der Waals surface area contributed by atoms with Gasteiger partial charge in [0, 0.05) is 0 Å². The van der Waals surface area contributed by atoms with Crippen molar-refractivity contribution in [2.24, 2.45) is 0 Å². The van der Waals surface area contributed by atoms with Crippen LogP contribution in [0.3, 0.4) is 0 Å². The lowest BCUT2D eigenvalue weighted by Crippen LogP contribution is -2.19. The second-order valence-electron chi connectivity index (χ2n) is 3.52. The molecule has 0 amide bonds. The molecule has 0 heterocycles. The molecule has 6 heteroatoms. The molecule has 0 aliphatic rings. The molecule has 1 N–H and O–H groups in total. The molecule has 0 aliphatic heterocycles. The molecule has 0 saturated heterocycles. The van der Waals surface area contributed by atoms with Crippen LogP contribution in [-0.2, 0) is 0 Å². The van der Waals surface area contributed by atoms with E-state index in [0.717, 1.165) is 0 Å². The molecule has 0 radical (unpaired) electrons. The molecule has 3 nitrogen and oxygen atoms in total. The molecule has 1 rings (SSSR count). The monoisotopic (exact) mass is 280 g/mol. The first-order valence-electron chi connectivity index (χ1n) is 5.54. The van der Waals surface area contributed by atoms with Crippen LogP contribution >= 0.6 is 11.6 Å². The predicted molar refractivity (Wildman–Crippen MR) is 64.5 cm³/mol. The molecule has 102 valence electrons. The minimum absolute atomic E-state index is 0.0260. The van der Waals surface area contributed by atoms with Crippen molar-refractivity contribution < 1.29 is 23.4 Å². The fraction of sp³-hybridized carbons (Fsp3) is 0.500. The van der Waals surface area contributed by atoms with E-state index in [1.54, 1.807) is 13.8 Å². The number of hydrogen-bond acceptors (Lipinski definition) is 3. The molecule has 0 saturated carbocycles. The van der Waals surface area contributed by atoms with Crippen molar-refractivity contribution in [3.8, 4) is 11.5 Å². The van der Waals surface area contributed by atoms with E-state index in [9.17, 15) is 13.9 Å². The highest BCUT2D eigenvalue weighted by Crippen LogP contribution is 2.38. The van der Waals surface area contributed by atoms with Gasteiger partial charge in [0.2, 0.25) is 0 Å². The summed E-state index contributed by atoms with van der Waals surface area (Å²) in [5, 5.41) is 5.67. The van der Waals surface area contributed by atoms with Crippen molar-refractivity contribution in [2.45, 2.75) is 25.3 Å². The van der Waals surface area contributed by atoms with Crippen LogP contribution in [0, 0.1) is 0 Å². The minimum Gasteiger partial charge on any atom is -0.490 e. The molecule has 0 aromatic heterocycles. The van der Waals surface area contributed by atoms with Gasteiger partial charge in [-0.3, -0.25) is 0 Å². The van der Waals surface area contributed by atoms with E-state index in [-0.39, 0.29) is 5.56 Å². The van der Waals surface area contributed by atoms with Gasteiger partial charge in [-0.1, -0.05) is 6.07 Å². The van der Waals surface area contributed by atoms with Gasteiger partial charge in [-0.2, -0.15) is 8.78 Å². The van der Waals surface area contributed by atoms with E-state index >= 15 is 0 Å². The van der Waals surface area contributed by atoms with E-state index in [2.05, 4.69) is 0 Å². The predicted octanol–water partition coefficient (Wildman–Crippen LogP) is 3.35. The Kier molecular flexibility index (Phi) is 5.16. The van der Waals surface area contributed by atoms with Crippen LogP contribution in [0.2, 0.25) is 0 Å². The summed E-state index contributed by atoms with van der Waals surface area (Å²) in [6, 6.07) is 4.10. The summed E-state index contributed by atoms with van der Waals surface area (Å²) in [7, 11) is 0. The Morgan fingerprint density at radius 1 is 1.22 bits per heavy atom. The summed E-state index contributed by atoms with van der Waals surface area (Å²) in [5.74, 6) is 0.741. The maximum Gasteiger partial charge on any atom is 0.351 e. The van der Waals surface area contributed by atoms with Crippen LogP contribution in [0.5, 0.6) is 11.5 Å². The molecule has 0 aliphatic carbocycles. The average molecular weight is 281 g/mol. The third kappa shape index (κ3) is 3.71. The van der Waals surface area contributed by atoms with Gasteiger partial charge < -0.3 is 14.6 Å². The Bertz CT molecular complexity index is 393. The Morgan fingerprint density at radius 2 is 1.78 bits per heavy atom. The van der Waals surface area contributed by atoms with Crippen molar-refractivity contribution in [3.63, 3.8) is 0 Å². The van der Waals surface area contributed by atoms with Gasteiger partial charge in [0.15, 0.2) is 17.6 Å². The van der Waals surface area contributed by atoms with Gasteiger partial charge in [0.25, 0.3) is 0 Å². The van der Waals surface area contributed by atoms with Crippen molar-refractivity contribution in [2.75, 3.05) is 13.2 Å². The van der Waals surface area contributed by atoms with Crippen LogP contribution in [0.1, 0.15) is 25.5 Å². The van der Waals surface area contributed by atoms with Crippen LogP contribution in [0.25, 0.3) is 0 Å². The highest BCUT2D eigenvalue weighted by Gasteiger charge is 2.37. The van der Waals surface area contributed by atoms with Crippen molar-refractivity contribution in [1.82, 2.24) is 0 Å². The van der Waals surface area contributed by atoms with Gasteiger partial charge in [0.1, 0.15) is 0 Å². The first-order chi connectivity index (χ1) is 8.40. The second kappa shape index (κ2) is 6.20. The SMILES string of the molecule is CCOc1ccc(C(O)C(F)(F)Cl)cc1OCC. The Balaban J connectivity index is 3.06. The minimum atomic E-state index is -3.73. The van der Waals surface area contributed by atoms with Crippen LogP contribution in [0.4, 0.5) is 8.78 Å². The molecule has 1 aromatic carbocycles. The largest absolute Gasteiger partial charge is 0.490 e. The standard InChI is InChI=1S/C12H15ClF2O3/c1-3-17-9-6-5-8(7-10(9)18-4-2)11(16)12(13,14)15/h5-7,11,16H,3-4H2,1-2H3. The number of ether oxygens (including phenoxy) is 2. The normalized spacial score (nSPS) is 13.2. The lowest BCUT2D eigenvalue weighted by molar-refractivity contribution is -0.0425. The third-order valence-electron chi connectivity index (χ3n) is 2.19. The molecule has 1 aromatic rings. The fourth-order valence-electron chi connectivity index (χ4n) is 1.43. The van der Waals surface area contributed by atoms with Gasteiger partial charge >= 0.3 is 5.38 Å². The molecule has 18 heavy (non-hydrogen) atoms. The fourth-order valence-corrected chi connectivity index (χ4v) is 1.55. The topological polar surface area (TPSA) is 38.7 Å². The van der Waals surface area contributed by atoms with E-state index in [1.807, 2.05) is 0 Å². The zero-order valence-electron chi connectivity index (χ0n) is 10.1. The Hall–Kier alpha value is -1.07.